The molecule has 1 N–H and O–H groups in total. The number of ether oxygens (including phenoxy) is 2. The lowest BCUT2D eigenvalue weighted by Gasteiger charge is -2.22. The summed E-state index contributed by atoms with van der Waals surface area (Å²) in [5.74, 6) is -1.38. The van der Waals surface area contributed by atoms with Gasteiger partial charge in [-0.2, -0.15) is 26.3 Å². The number of carbonyl (C=O) groups excluding carboxylic acids is 1. The Morgan fingerprint density at radius 3 is 1.87 bits per heavy atom. The SMILES string of the molecule is COC(C[C@H](C(=O)NCc1cc(C(F)(F)F)cc(C(F)(F)F)c1)c1ccccc1)OC. The third-order valence-electron chi connectivity index (χ3n) is 4.59. The van der Waals surface area contributed by atoms with E-state index in [0.29, 0.717) is 17.7 Å². The molecule has 10 heteroatoms. The predicted molar refractivity (Wildman–Crippen MR) is 99.9 cm³/mol. The number of rotatable bonds is 8. The molecule has 2 rings (SSSR count). The van der Waals surface area contributed by atoms with E-state index >= 15 is 0 Å². The largest absolute Gasteiger partial charge is 0.416 e. The van der Waals surface area contributed by atoms with Crippen LogP contribution < -0.4 is 5.32 Å². The number of nitrogens with one attached hydrogen (secondary N) is 1. The summed E-state index contributed by atoms with van der Waals surface area (Å²) in [7, 11) is 2.77. The second-order valence-corrected chi connectivity index (χ2v) is 6.73. The summed E-state index contributed by atoms with van der Waals surface area (Å²) in [4.78, 5) is 12.8. The molecule has 0 aliphatic carbocycles. The van der Waals surface area contributed by atoms with Crippen molar-refractivity contribution in [1.82, 2.24) is 5.32 Å². The zero-order chi connectivity index (χ0) is 23.2. The van der Waals surface area contributed by atoms with Crippen molar-refractivity contribution in [3.05, 3.63) is 70.8 Å². The second kappa shape index (κ2) is 10.1. The minimum atomic E-state index is -4.96. The maximum Gasteiger partial charge on any atom is 0.416 e. The zero-order valence-corrected chi connectivity index (χ0v) is 16.7. The summed E-state index contributed by atoms with van der Waals surface area (Å²) >= 11 is 0. The maximum absolute atomic E-state index is 13.0. The lowest BCUT2D eigenvalue weighted by Crippen LogP contribution is -2.32. The van der Waals surface area contributed by atoms with Crippen LogP contribution in [0.4, 0.5) is 26.3 Å². The average Bonchev–Trinajstić information content (AvgIpc) is 2.72. The van der Waals surface area contributed by atoms with Crippen LogP contribution in [0, 0.1) is 0 Å². The lowest BCUT2D eigenvalue weighted by molar-refractivity contribution is -0.143. The van der Waals surface area contributed by atoms with Crippen LogP contribution in [0.5, 0.6) is 0 Å². The van der Waals surface area contributed by atoms with Crippen LogP contribution >= 0.6 is 0 Å². The van der Waals surface area contributed by atoms with Gasteiger partial charge in [-0.05, 0) is 29.3 Å². The summed E-state index contributed by atoms with van der Waals surface area (Å²) in [6.45, 7) is -0.514. The van der Waals surface area contributed by atoms with Crippen molar-refractivity contribution in [1.29, 1.82) is 0 Å². The molecule has 0 saturated heterocycles. The molecule has 2 aromatic rings. The molecule has 1 amide bonds. The van der Waals surface area contributed by atoms with Gasteiger partial charge in [-0.3, -0.25) is 4.79 Å². The van der Waals surface area contributed by atoms with Crippen LogP contribution in [0.25, 0.3) is 0 Å². The van der Waals surface area contributed by atoms with Crippen LogP contribution in [0.3, 0.4) is 0 Å². The van der Waals surface area contributed by atoms with Gasteiger partial charge in [0.2, 0.25) is 5.91 Å². The Morgan fingerprint density at radius 2 is 1.42 bits per heavy atom. The molecule has 0 bridgehead atoms. The Morgan fingerprint density at radius 1 is 0.903 bits per heavy atom. The number of halogens is 6. The normalized spacial score (nSPS) is 13.3. The molecule has 0 radical (unpaired) electrons. The average molecular weight is 449 g/mol. The van der Waals surface area contributed by atoms with Gasteiger partial charge in [-0.1, -0.05) is 30.3 Å². The van der Waals surface area contributed by atoms with Crippen molar-refractivity contribution >= 4 is 5.91 Å². The molecule has 4 nitrogen and oxygen atoms in total. The molecule has 1 atom stereocenters. The first-order valence-electron chi connectivity index (χ1n) is 9.12. The molecular weight excluding hydrogens is 428 g/mol. The van der Waals surface area contributed by atoms with Crippen molar-refractivity contribution in [3.8, 4) is 0 Å². The fourth-order valence-electron chi connectivity index (χ4n) is 2.99. The van der Waals surface area contributed by atoms with Gasteiger partial charge in [-0.15, -0.1) is 0 Å². The van der Waals surface area contributed by atoms with Gasteiger partial charge in [0, 0.05) is 27.2 Å². The van der Waals surface area contributed by atoms with Gasteiger partial charge in [0.25, 0.3) is 0 Å². The maximum atomic E-state index is 13.0. The van der Waals surface area contributed by atoms with Crippen LogP contribution in [-0.4, -0.2) is 26.4 Å². The molecule has 0 heterocycles. The summed E-state index contributed by atoms with van der Waals surface area (Å²) in [5, 5.41) is 2.42. The van der Waals surface area contributed by atoms with E-state index in [9.17, 15) is 31.1 Å². The van der Waals surface area contributed by atoms with Crippen molar-refractivity contribution < 1.29 is 40.6 Å². The summed E-state index contributed by atoms with van der Waals surface area (Å²) in [5.41, 5.74) is -2.61. The Bertz CT molecular complexity index is 831. The molecule has 0 fully saturated rings. The Kier molecular flexibility index (Phi) is 8.08. The second-order valence-electron chi connectivity index (χ2n) is 6.73. The summed E-state index contributed by atoms with van der Waals surface area (Å²) in [6.07, 6.45) is -10.6. The molecular formula is C21H21F6NO3. The highest BCUT2D eigenvalue weighted by molar-refractivity contribution is 5.83. The lowest BCUT2D eigenvalue weighted by atomic mass is 9.94. The van der Waals surface area contributed by atoms with E-state index in [1.807, 2.05) is 0 Å². The van der Waals surface area contributed by atoms with E-state index < -0.39 is 48.1 Å². The molecule has 170 valence electrons. The van der Waals surface area contributed by atoms with Crippen molar-refractivity contribution in [2.45, 2.75) is 37.5 Å². The first kappa shape index (κ1) is 24.7. The first-order chi connectivity index (χ1) is 14.5. The zero-order valence-electron chi connectivity index (χ0n) is 16.7. The van der Waals surface area contributed by atoms with Gasteiger partial charge in [0.15, 0.2) is 6.29 Å². The minimum absolute atomic E-state index is 0.0415. The number of hydrogen-bond donors (Lipinski definition) is 1. The van der Waals surface area contributed by atoms with E-state index in [0.717, 1.165) is 0 Å². The Hall–Kier alpha value is -2.59. The highest BCUT2D eigenvalue weighted by Gasteiger charge is 2.37. The smallest absolute Gasteiger partial charge is 0.356 e. The molecule has 0 spiro atoms. The first-order valence-corrected chi connectivity index (χ1v) is 9.12. The molecule has 0 aromatic heterocycles. The number of benzene rings is 2. The van der Waals surface area contributed by atoms with Gasteiger partial charge >= 0.3 is 12.4 Å². The van der Waals surface area contributed by atoms with Crippen molar-refractivity contribution in [2.24, 2.45) is 0 Å². The molecule has 0 aliphatic heterocycles. The number of methoxy groups -OCH3 is 2. The quantitative estimate of drug-likeness (QED) is 0.449. The van der Waals surface area contributed by atoms with Gasteiger partial charge in [-0.25, -0.2) is 0 Å². The number of alkyl halides is 6. The van der Waals surface area contributed by atoms with E-state index in [4.69, 9.17) is 9.47 Å². The summed E-state index contributed by atoms with van der Waals surface area (Å²) < 4.78 is 88.4. The third kappa shape index (κ3) is 6.96. The van der Waals surface area contributed by atoms with Crippen LogP contribution in [-0.2, 0) is 33.2 Å². The highest BCUT2D eigenvalue weighted by atomic mass is 19.4. The fourth-order valence-corrected chi connectivity index (χ4v) is 2.99. The van der Waals surface area contributed by atoms with Gasteiger partial charge < -0.3 is 14.8 Å². The molecule has 0 aliphatic rings. The molecule has 0 unspecified atom stereocenters. The van der Waals surface area contributed by atoms with E-state index in [-0.39, 0.29) is 18.1 Å². The monoisotopic (exact) mass is 449 g/mol. The Balaban J connectivity index is 2.27. The molecule has 0 saturated carbocycles. The number of carbonyl (C=O) groups is 1. The minimum Gasteiger partial charge on any atom is -0.356 e. The van der Waals surface area contributed by atoms with Gasteiger partial charge in [0.1, 0.15) is 0 Å². The molecule has 31 heavy (non-hydrogen) atoms. The van der Waals surface area contributed by atoms with E-state index in [1.165, 1.54) is 14.2 Å². The Labute approximate surface area is 175 Å². The van der Waals surface area contributed by atoms with Crippen LogP contribution in [0.1, 0.15) is 34.6 Å². The van der Waals surface area contributed by atoms with Crippen LogP contribution in [0.2, 0.25) is 0 Å². The van der Waals surface area contributed by atoms with Crippen LogP contribution in [0.15, 0.2) is 48.5 Å². The highest BCUT2D eigenvalue weighted by Crippen LogP contribution is 2.36. The third-order valence-corrected chi connectivity index (χ3v) is 4.59. The number of hydrogen-bond acceptors (Lipinski definition) is 3. The van der Waals surface area contributed by atoms with E-state index in [1.54, 1.807) is 30.3 Å². The van der Waals surface area contributed by atoms with Gasteiger partial charge in [0.05, 0.1) is 17.0 Å². The predicted octanol–water partition coefficient (Wildman–Crippen LogP) is 5.13. The molecule has 2 aromatic carbocycles. The summed E-state index contributed by atoms with van der Waals surface area (Å²) in [6, 6.07) is 9.71. The van der Waals surface area contributed by atoms with E-state index in [2.05, 4.69) is 5.32 Å². The van der Waals surface area contributed by atoms with Crippen molar-refractivity contribution in [3.63, 3.8) is 0 Å². The standard InChI is InChI=1S/C21H21F6NO3/c1-30-18(31-2)11-17(14-6-4-3-5-7-14)19(29)28-12-13-8-15(20(22,23)24)10-16(9-13)21(25,26)27/h3-10,17-18H,11-12H2,1-2H3,(H,28,29)/t17-/m0/s1. The topological polar surface area (TPSA) is 47.6 Å². The van der Waals surface area contributed by atoms with Crippen molar-refractivity contribution in [2.75, 3.05) is 14.2 Å². The fraction of sp³-hybridized carbons (Fsp3) is 0.381. The number of amides is 1.